The Balaban J connectivity index is 2.21. The van der Waals surface area contributed by atoms with Gasteiger partial charge in [0.1, 0.15) is 0 Å². The number of carbonyl (C=O) groups excluding carboxylic acids is 1. The summed E-state index contributed by atoms with van der Waals surface area (Å²) in [5.41, 5.74) is 0. The summed E-state index contributed by atoms with van der Waals surface area (Å²) in [4.78, 5) is 13.8. The van der Waals surface area contributed by atoms with Gasteiger partial charge in [-0.15, -0.1) is 0 Å². The van der Waals surface area contributed by atoms with Gasteiger partial charge in [0.05, 0.1) is 25.4 Å². The van der Waals surface area contributed by atoms with Crippen LogP contribution in [-0.2, 0) is 9.53 Å². The topological polar surface area (TPSA) is 61.8 Å². The third-order valence-electron chi connectivity index (χ3n) is 3.09. The van der Waals surface area contributed by atoms with Gasteiger partial charge >= 0.3 is 0 Å². The maximum absolute atomic E-state index is 12.0. The van der Waals surface area contributed by atoms with E-state index >= 15 is 0 Å². The molecule has 17 heavy (non-hydrogen) atoms. The molecular formula is C12H24N2O3. The Bertz CT molecular complexity index is 230. The molecule has 1 heterocycles. The van der Waals surface area contributed by atoms with Crippen molar-refractivity contribution in [2.45, 2.75) is 38.8 Å². The quantitative estimate of drug-likeness (QED) is 0.689. The molecule has 100 valence electrons. The summed E-state index contributed by atoms with van der Waals surface area (Å²) in [5.74, 6) is 0.124. The number of carbonyl (C=O) groups is 1. The average molecular weight is 244 g/mol. The number of hydrogen-bond donors (Lipinski definition) is 2. The van der Waals surface area contributed by atoms with E-state index in [1.54, 1.807) is 0 Å². The van der Waals surface area contributed by atoms with Crippen molar-refractivity contribution in [1.82, 2.24) is 10.2 Å². The zero-order valence-corrected chi connectivity index (χ0v) is 10.8. The summed E-state index contributed by atoms with van der Waals surface area (Å²) in [6.07, 6.45) is 1.18. The molecule has 5 nitrogen and oxygen atoms in total. The first-order valence-electron chi connectivity index (χ1n) is 6.43. The zero-order chi connectivity index (χ0) is 12.7. The summed E-state index contributed by atoms with van der Waals surface area (Å²) in [5, 5.41) is 12.6. The van der Waals surface area contributed by atoms with E-state index < -0.39 is 0 Å². The van der Waals surface area contributed by atoms with Crippen LogP contribution in [0.15, 0.2) is 0 Å². The standard InChI is InChI=1S/C12H24N2O3/c1-3-11(15)4-5-13-10(2)12(16)14-6-8-17-9-7-14/h10-11,13,15H,3-9H2,1-2H3. The number of rotatable bonds is 6. The van der Waals surface area contributed by atoms with Gasteiger partial charge in [0, 0.05) is 13.1 Å². The fourth-order valence-corrected chi connectivity index (χ4v) is 1.82. The lowest BCUT2D eigenvalue weighted by Crippen LogP contribution is -2.49. The van der Waals surface area contributed by atoms with Gasteiger partial charge in [-0.1, -0.05) is 6.92 Å². The molecule has 2 atom stereocenters. The molecule has 0 aromatic heterocycles. The summed E-state index contributed by atoms with van der Waals surface area (Å²) < 4.78 is 5.21. The minimum absolute atomic E-state index is 0.124. The van der Waals surface area contributed by atoms with E-state index in [-0.39, 0.29) is 18.1 Å². The van der Waals surface area contributed by atoms with Crippen molar-refractivity contribution in [2.75, 3.05) is 32.8 Å². The molecule has 0 aliphatic carbocycles. The molecule has 1 aliphatic rings. The van der Waals surface area contributed by atoms with Crippen molar-refractivity contribution < 1.29 is 14.6 Å². The molecule has 1 amide bonds. The van der Waals surface area contributed by atoms with Gasteiger partial charge in [0.15, 0.2) is 0 Å². The van der Waals surface area contributed by atoms with Crippen molar-refractivity contribution in [2.24, 2.45) is 0 Å². The van der Waals surface area contributed by atoms with Crippen molar-refractivity contribution in [3.05, 3.63) is 0 Å². The Morgan fingerprint density at radius 2 is 2.12 bits per heavy atom. The monoisotopic (exact) mass is 244 g/mol. The lowest BCUT2D eigenvalue weighted by Gasteiger charge is -2.29. The molecule has 1 fully saturated rings. The highest BCUT2D eigenvalue weighted by Gasteiger charge is 2.21. The van der Waals surface area contributed by atoms with Gasteiger partial charge in [0.25, 0.3) is 0 Å². The Morgan fingerprint density at radius 1 is 1.47 bits per heavy atom. The molecule has 2 N–H and O–H groups in total. The minimum Gasteiger partial charge on any atom is -0.393 e. The van der Waals surface area contributed by atoms with Crippen LogP contribution in [0.2, 0.25) is 0 Å². The first-order valence-corrected chi connectivity index (χ1v) is 6.43. The number of aliphatic hydroxyl groups is 1. The van der Waals surface area contributed by atoms with Gasteiger partial charge in [0.2, 0.25) is 5.91 Å². The zero-order valence-electron chi connectivity index (χ0n) is 10.8. The van der Waals surface area contributed by atoms with E-state index in [2.05, 4.69) is 5.32 Å². The van der Waals surface area contributed by atoms with Gasteiger partial charge in [-0.2, -0.15) is 0 Å². The van der Waals surface area contributed by atoms with Crippen LogP contribution in [0.25, 0.3) is 0 Å². The molecule has 2 unspecified atom stereocenters. The molecule has 5 heteroatoms. The summed E-state index contributed by atoms with van der Waals surface area (Å²) >= 11 is 0. The Hall–Kier alpha value is -0.650. The highest BCUT2D eigenvalue weighted by molar-refractivity contribution is 5.81. The minimum atomic E-state index is -0.270. The molecule has 1 rings (SSSR count). The molecule has 0 spiro atoms. The smallest absolute Gasteiger partial charge is 0.239 e. The number of hydrogen-bond acceptors (Lipinski definition) is 4. The van der Waals surface area contributed by atoms with Crippen LogP contribution in [0.5, 0.6) is 0 Å². The molecule has 0 radical (unpaired) electrons. The summed E-state index contributed by atoms with van der Waals surface area (Å²) in [7, 11) is 0. The van der Waals surface area contributed by atoms with Crippen molar-refractivity contribution in [1.29, 1.82) is 0 Å². The fraction of sp³-hybridized carbons (Fsp3) is 0.917. The van der Waals surface area contributed by atoms with Crippen LogP contribution in [0, 0.1) is 0 Å². The SMILES string of the molecule is CCC(O)CCNC(C)C(=O)N1CCOCC1. The Morgan fingerprint density at radius 3 is 2.71 bits per heavy atom. The number of aliphatic hydroxyl groups excluding tert-OH is 1. The number of nitrogens with one attached hydrogen (secondary N) is 1. The van der Waals surface area contributed by atoms with E-state index in [0.717, 1.165) is 6.42 Å². The summed E-state index contributed by atoms with van der Waals surface area (Å²) in [6, 6.07) is -0.183. The molecule has 0 aromatic rings. The maximum atomic E-state index is 12.0. The van der Waals surface area contributed by atoms with E-state index in [4.69, 9.17) is 4.74 Å². The van der Waals surface area contributed by atoms with Crippen molar-refractivity contribution in [3.63, 3.8) is 0 Å². The molecule has 0 saturated carbocycles. The Labute approximate surface area is 103 Å². The van der Waals surface area contributed by atoms with E-state index in [0.29, 0.717) is 39.3 Å². The fourth-order valence-electron chi connectivity index (χ4n) is 1.82. The third kappa shape index (κ3) is 5.02. The van der Waals surface area contributed by atoms with Crippen LogP contribution in [0.3, 0.4) is 0 Å². The van der Waals surface area contributed by atoms with Gasteiger partial charge in [-0.05, 0) is 26.3 Å². The van der Waals surface area contributed by atoms with Crippen molar-refractivity contribution >= 4 is 5.91 Å². The van der Waals surface area contributed by atoms with E-state index in [9.17, 15) is 9.90 Å². The lowest BCUT2D eigenvalue weighted by atomic mass is 10.2. The predicted molar refractivity (Wildman–Crippen MR) is 65.8 cm³/mol. The van der Waals surface area contributed by atoms with Gasteiger partial charge < -0.3 is 20.1 Å². The first-order chi connectivity index (χ1) is 8.15. The maximum Gasteiger partial charge on any atom is 0.239 e. The van der Waals surface area contributed by atoms with Crippen LogP contribution in [-0.4, -0.2) is 60.9 Å². The van der Waals surface area contributed by atoms with Crippen molar-refractivity contribution in [3.8, 4) is 0 Å². The van der Waals surface area contributed by atoms with Crippen LogP contribution in [0.1, 0.15) is 26.7 Å². The lowest BCUT2D eigenvalue weighted by molar-refractivity contribution is -0.137. The second-order valence-corrected chi connectivity index (χ2v) is 4.46. The molecule has 1 saturated heterocycles. The second kappa shape index (κ2) is 7.63. The Kier molecular flexibility index (Phi) is 6.47. The van der Waals surface area contributed by atoms with E-state index in [1.807, 2.05) is 18.7 Å². The number of nitrogens with zero attached hydrogens (tertiary/aromatic N) is 1. The average Bonchev–Trinajstić information content (AvgIpc) is 2.38. The van der Waals surface area contributed by atoms with E-state index in [1.165, 1.54) is 0 Å². The number of amides is 1. The number of morpholine rings is 1. The summed E-state index contributed by atoms with van der Waals surface area (Å²) in [6.45, 7) is 7.13. The molecule has 0 bridgehead atoms. The molecule has 1 aliphatic heterocycles. The van der Waals surface area contributed by atoms with Gasteiger partial charge in [-0.3, -0.25) is 4.79 Å². The highest BCUT2D eigenvalue weighted by Crippen LogP contribution is 2.01. The normalized spacial score (nSPS) is 20.1. The van der Waals surface area contributed by atoms with Crippen LogP contribution in [0.4, 0.5) is 0 Å². The molecular weight excluding hydrogens is 220 g/mol. The van der Waals surface area contributed by atoms with Crippen LogP contribution < -0.4 is 5.32 Å². The van der Waals surface area contributed by atoms with Gasteiger partial charge in [-0.25, -0.2) is 0 Å². The largest absolute Gasteiger partial charge is 0.393 e. The molecule has 0 aromatic carbocycles. The highest BCUT2D eigenvalue weighted by atomic mass is 16.5. The number of ether oxygens (including phenoxy) is 1. The second-order valence-electron chi connectivity index (χ2n) is 4.46. The first kappa shape index (κ1) is 14.4. The third-order valence-corrected chi connectivity index (χ3v) is 3.09. The van der Waals surface area contributed by atoms with Crippen LogP contribution >= 0.6 is 0 Å². The predicted octanol–water partition coefficient (Wildman–Crippen LogP) is -0.0157.